The SMILES string of the molecule is O=C(O)[C@@H]1C2CCC(CC2)[C@@H]1C(=O)N1CCCC1. The fourth-order valence-corrected chi connectivity index (χ4v) is 4.31. The molecule has 1 saturated heterocycles. The third kappa shape index (κ3) is 1.82. The number of likely N-dealkylation sites (tertiary alicyclic amines) is 1. The van der Waals surface area contributed by atoms with E-state index in [1.165, 1.54) is 0 Å². The molecule has 100 valence electrons. The van der Waals surface area contributed by atoms with Crippen molar-refractivity contribution in [3.63, 3.8) is 0 Å². The molecule has 3 saturated carbocycles. The third-order valence-electron chi connectivity index (χ3n) is 5.21. The van der Waals surface area contributed by atoms with E-state index < -0.39 is 11.9 Å². The van der Waals surface area contributed by atoms with Gasteiger partial charge in [0.05, 0.1) is 11.8 Å². The van der Waals surface area contributed by atoms with Crippen LogP contribution < -0.4 is 0 Å². The summed E-state index contributed by atoms with van der Waals surface area (Å²) in [6.45, 7) is 1.66. The summed E-state index contributed by atoms with van der Waals surface area (Å²) in [6.07, 6.45) is 6.27. The monoisotopic (exact) mass is 251 g/mol. The van der Waals surface area contributed by atoms with E-state index in [0.717, 1.165) is 51.6 Å². The van der Waals surface area contributed by atoms with Crippen LogP contribution in [-0.2, 0) is 9.59 Å². The van der Waals surface area contributed by atoms with Crippen molar-refractivity contribution in [2.75, 3.05) is 13.1 Å². The molecule has 1 N–H and O–H groups in total. The molecule has 4 rings (SSSR count). The number of fused-ring (bicyclic) bond motifs is 3. The molecule has 2 bridgehead atoms. The van der Waals surface area contributed by atoms with Gasteiger partial charge in [-0.15, -0.1) is 0 Å². The number of hydrogen-bond donors (Lipinski definition) is 1. The van der Waals surface area contributed by atoms with Gasteiger partial charge in [-0.05, 0) is 50.4 Å². The minimum absolute atomic E-state index is 0.134. The first-order valence-electron chi connectivity index (χ1n) is 7.20. The van der Waals surface area contributed by atoms with Crippen LogP contribution in [0.2, 0.25) is 0 Å². The van der Waals surface area contributed by atoms with Crippen molar-refractivity contribution in [1.82, 2.24) is 4.90 Å². The Labute approximate surface area is 107 Å². The lowest BCUT2D eigenvalue weighted by molar-refractivity contribution is -0.161. The lowest BCUT2D eigenvalue weighted by atomic mass is 9.58. The van der Waals surface area contributed by atoms with Crippen LogP contribution >= 0.6 is 0 Å². The van der Waals surface area contributed by atoms with E-state index in [1.54, 1.807) is 0 Å². The van der Waals surface area contributed by atoms with E-state index in [1.807, 2.05) is 4.90 Å². The lowest BCUT2D eigenvalue weighted by Crippen LogP contribution is -2.51. The molecule has 3 aliphatic carbocycles. The standard InChI is InChI=1S/C14H21NO3/c16-13(15-7-1-2-8-15)11-9-3-5-10(6-4-9)12(11)14(17)18/h9-12H,1-8H2,(H,17,18)/t9?,10?,11-,12+/m0/s1. The van der Waals surface area contributed by atoms with Crippen LogP contribution in [0.1, 0.15) is 38.5 Å². The molecule has 4 heteroatoms. The zero-order chi connectivity index (χ0) is 12.7. The van der Waals surface area contributed by atoms with Crippen LogP contribution in [0, 0.1) is 23.7 Å². The first-order chi connectivity index (χ1) is 8.68. The summed E-state index contributed by atoms with van der Waals surface area (Å²) in [4.78, 5) is 26.0. The zero-order valence-electron chi connectivity index (χ0n) is 10.7. The van der Waals surface area contributed by atoms with Gasteiger partial charge in [0.15, 0.2) is 0 Å². The fourth-order valence-electron chi connectivity index (χ4n) is 4.31. The number of nitrogens with zero attached hydrogens (tertiary/aromatic N) is 1. The predicted octanol–water partition coefficient (Wildman–Crippen LogP) is 1.75. The Morgan fingerprint density at radius 1 is 0.889 bits per heavy atom. The van der Waals surface area contributed by atoms with Gasteiger partial charge in [0, 0.05) is 13.1 Å². The zero-order valence-corrected chi connectivity index (χ0v) is 10.7. The molecule has 1 aliphatic heterocycles. The Hall–Kier alpha value is -1.06. The molecule has 2 atom stereocenters. The molecule has 0 aromatic rings. The molecule has 18 heavy (non-hydrogen) atoms. The van der Waals surface area contributed by atoms with Crippen LogP contribution in [0.25, 0.3) is 0 Å². The van der Waals surface area contributed by atoms with Gasteiger partial charge in [0.2, 0.25) is 5.91 Å². The number of amides is 1. The highest BCUT2D eigenvalue weighted by Crippen LogP contribution is 2.49. The van der Waals surface area contributed by atoms with E-state index in [9.17, 15) is 14.7 Å². The first kappa shape index (κ1) is 12.0. The second kappa shape index (κ2) is 4.56. The number of rotatable bonds is 2. The van der Waals surface area contributed by atoms with Gasteiger partial charge < -0.3 is 10.0 Å². The van der Waals surface area contributed by atoms with Gasteiger partial charge in [0.1, 0.15) is 0 Å². The number of aliphatic carboxylic acids is 1. The molecule has 0 spiro atoms. The average molecular weight is 251 g/mol. The van der Waals surface area contributed by atoms with Crippen molar-refractivity contribution in [1.29, 1.82) is 0 Å². The second-order valence-corrected chi connectivity index (χ2v) is 6.10. The average Bonchev–Trinajstić information content (AvgIpc) is 2.92. The van der Waals surface area contributed by atoms with Gasteiger partial charge in [0.25, 0.3) is 0 Å². The van der Waals surface area contributed by atoms with E-state index in [-0.39, 0.29) is 17.7 Å². The maximum Gasteiger partial charge on any atom is 0.307 e. The Kier molecular flexibility index (Phi) is 3.04. The fraction of sp³-hybridized carbons (Fsp3) is 0.857. The smallest absolute Gasteiger partial charge is 0.307 e. The molecule has 4 nitrogen and oxygen atoms in total. The summed E-state index contributed by atoms with van der Waals surface area (Å²) in [6, 6.07) is 0. The van der Waals surface area contributed by atoms with Gasteiger partial charge in [-0.25, -0.2) is 0 Å². The molecule has 1 amide bonds. The maximum absolute atomic E-state index is 12.6. The predicted molar refractivity (Wildman–Crippen MR) is 65.9 cm³/mol. The molecular weight excluding hydrogens is 230 g/mol. The Morgan fingerprint density at radius 2 is 1.39 bits per heavy atom. The highest BCUT2D eigenvalue weighted by atomic mass is 16.4. The Morgan fingerprint density at radius 3 is 1.89 bits per heavy atom. The van der Waals surface area contributed by atoms with Crippen molar-refractivity contribution in [3.05, 3.63) is 0 Å². The van der Waals surface area contributed by atoms with E-state index >= 15 is 0 Å². The van der Waals surface area contributed by atoms with Crippen molar-refractivity contribution in [2.45, 2.75) is 38.5 Å². The molecule has 4 fully saturated rings. The van der Waals surface area contributed by atoms with Crippen LogP contribution in [0.5, 0.6) is 0 Å². The molecule has 1 heterocycles. The van der Waals surface area contributed by atoms with Gasteiger partial charge in [-0.1, -0.05) is 0 Å². The summed E-state index contributed by atoms with van der Waals surface area (Å²) in [5.41, 5.74) is 0. The molecule has 4 aliphatic rings. The van der Waals surface area contributed by atoms with Crippen LogP contribution in [-0.4, -0.2) is 35.0 Å². The number of carbonyl (C=O) groups is 2. The van der Waals surface area contributed by atoms with Crippen LogP contribution in [0.4, 0.5) is 0 Å². The summed E-state index contributed by atoms with van der Waals surface area (Å²) in [5, 5.41) is 9.45. The Bertz CT molecular complexity index is 354. The highest BCUT2D eigenvalue weighted by Gasteiger charge is 2.51. The van der Waals surface area contributed by atoms with Crippen molar-refractivity contribution in [2.24, 2.45) is 23.7 Å². The van der Waals surface area contributed by atoms with Crippen LogP contribution in [0.15, 0.2) is 0 Å². The molecule has 0 unspecified atom stereocenters. The number of carbonyl (C=O) groups excluding carboxylic acids is 1. The maximum atomic E-state index is 12.6. The van der Waals surface area contributed by atoms with E-state index in [4.69, 9.17) is 0 Å². The highest BCUT2D eigenvalue weighted by molar-refractivity contribution is 5.86. The van der Waals surface area contributed by atoms with Crippen molar-refractivity contribution in [3.8, 4) is 0 Å². The third-order valence-corrected chi connectivity index (χ3v) is 5.21. The lowest BCUT2D eigenvalue weighted by Gasteiger charge is -2.46. The summed E-state index contributed by atoms with van der Waals surface area (Å²) >= 11 is 0. The van der Waals surface area contributed by atoms with Crippen molar-refractivity contribution < 1.29 is 14.7 Å². The summed E-state index contributed by atoms with van der Waals surface area (Å²) in [7, 11) is 0. The largest absolute Gasteiger partial charge is 0.481 e. The first-order valence-corrected chi connectivity index (χ1v) is 7.20. The number of carboxylic acid groups (broad SMARTS) is 1. The molecule has 0 aromatic heterocycles. The number of hydrogen-bond acceptors (Lipinski definition) is 2. The van der Waals surface area contributed by atoms with E-state index in [2.05, 4.69) is 0 Å². The summed E-state index contributed by atoms with van der Waals surface area (Å²) in [5.74, 6) is -0.691. The quantitative estimate of drug-likeness (QED) is 0.813. The van der Waals surface area contributed by atoms with Gasteiger partial charge in [-0.2, -0.15) is 0 Å². The number of carboxylic acids is 1. The van der Waals surface area contributed by atoms with E-state index in [0.29, 0.717) is 5.92 Å². The van der Waals surface area contributed by atoms with Gasteiger partial charge >= 0.3 is 5.97 Å². The van der Waals surface area contributed by atoms with Crippen LogP contribution in [0.3, 0.4) is 0 Å². The molecule has 0 aromatic carbocycles. The minimum atomic E-state index is -0.748. The second-order valence-electron chi connectivity index (χ2n) is 6.10. The Balaban J connectivity index is 1.83. The normalized spacial score (nSPS) is 39.0. The molecular formula is C14H21NO3. The summed E-state index contributed by atoms with van der Waals surface area (Å²) < 4.78 is 0. The minimum Gasteiger partial charge on any atom is -0.481 e. The molecule has 0 radical (unpaired) electrons. The van der Waals surface area contributed by atoms with Crippen molar-refractivity contribution >= 4 is 11.9 Å². The topological polar surface area (TPSA) is 57.6 Å². The van der Waals surface area contributed by atoms with Gasteiger partial charge in [-0.3, -0.25) is 9.59 Å².